The van der Waals surface area contributed by atoms with Gasteiger partial charge in [0.2, 0.25) is 0 Å². The molecule has 0 radical (unpaired) electrons. The highest BCUT2D eigenvalue weighted by atomic mass is 32.2. The second-order valence-corrected chi connectivity index (χ2v) is 5.22. The van der Waals surface area contributed by atoms with Crippen molar-refractivity contribution >= 4 is 28.2 Å². The summed E-state index contributed by atoms with van der Waals surface area (Å²) in [6.45, 7) is 0. The molecule has 21 heavy (non-hydrogen) atoms. The molecule has 7 heteroatoms. The van der Waals surface area contributed by atoms with E-state index >= 15 is 0 Å². The molecule has 1 N–H and O–H groups in total. The fraction of sp³-hybridized carbons (Fsp3) is 0. The third-order valence-electron chi connectivity index (χ3n) is 2.89. The van der Waals surface area contributed by atoms with Gasteiger partial charge < -0.3 is 5.11 Å². The summed E-state index contributed by atoms with van der Waals surface area (Å²) in [5, 5.41) is 22.5. The van der Waals surface area contributed by atoms with E-state index in [0.29, 0.717) is 5.16 Å². The van der Waals surface area contributed by atoms with Gasteiger partial charge in [0, 0.05) is 10.3 Å². The Morgan fingerprint density at radius 1 is 1.05 bits per heavy atom. The Labute approximate surface area is 123 Å². The summed E-state index contributed by atoms with van der Waals surface area (Å²) in [6, 6.07) is 10.8. The van der Waals surface area contributed by atoms with Crippen molar-refractivity contribution in [2.45, 2.75) is 10.1 Å². The quantitative estimate of drug-likeness (QED) is 0.453. The maximum atomic E-state index is 10.6. The van der Waals surface area contributed by atoms with Crippen molar-refractivity contribution in [1.29, 1.82) is 0 Å². The lowest BCUT2D eigenvalue weighted by Gasteiger charge is -2.06. The SMILES string of the molecule is O=[N+]([O-])c1cnc(Sc2ccc(O)c3ccccc23)nc1. The fourth-order valence-corrected chi connectivity index (χ4v) is 2.73. The first-order chi connectivity index (χ1) is 10.1. The van der Waals surface area contributed by atoms with Gasteiger partial charge in [-0.25, -0.2) is 9.97 Å². The molecule has 3 rings (SSSR count). The Hall–Kier alpha value is -2.67. The Kier molecular flexibility index (Phi) is 3.41. The van der Waals surface area contributed by atoms with Crippen LogP contribution in [0.2, 0.25) is 0 Å². The van der Waals surface area contributed by atoms with E-state index in [2.05, 4.69) is 9.97 Å². The van der Waals surface area contributed by atoms with Crippen LogP contribution in [0.1, 0.15) is 0 Å². The first kappa shape index (κ1) is 13.3. The molecule has 0 amide bonds. The minimum atomic E-state index is -0.537. The van der Waals surface area contributed by atoms with Crippen LogP contribution >= 0.6 is 11.8 Å². The van der Waals surface area contributed by atoms with Crippen LogP contribution in [0.15, 0.2) is 58.8 Å². The monoisotopic (exact) mass is 299 g/mol. The molecular formula is C14H9N3O3S. The van der Waals surface area contributed by atoms with Gasteiger partial charge in [-0.2, -0.15) is 0 Å². The van der Waals surface area contributed by atoms with Crippen LogP contribution < -0.4 is 0 Å². The minimum Gasteiger partial charge on any atom is -0.507 e. The number of fused-ring (bicyclic) bond motifs is 1. The van der Waals surface area contributed by atoms with Gasteiger partial charge >= 0.3 is 5.69 Å². The van der Waals surface area contributed by atoms with E-state index in [-0.39, 0.29) is 11.4 Å². The lowest BCUT2D eigenvalue weighted by Crippen LogP contribution is -1.92. The minimum absolute atomic E-state index is 0.144. The predicted octanol–water partition coefficient (Wildman–Crippen LogP) is 3.39. The van der Waals surface area contributed by atoms with E-state index in [1.807, 2.05) is 24.3 Å². The zero-order chi connectivity index (χ0) is 14.8. The number of phenols is 1. The lowest BCUT2D eigenvalue weighted by atomic mass is 10.1. The number of aromatic hydroxyl groups is 1. The standard InChI is InChI=1S/C14H9N3O3S/c18-12-5-6-13(11-4-2-1-3-10(11)12)21-14-15-7-9(8-16-14)17(19)20/h1-8,18H. The Balaban J connectivity index is 1.98. The largest absolute Gasteiger partial charge is 0.507 e. The summed E-state index contributed by atoms with van der Waals surface area (Å²) in [4.78, 5) is 18.9. The summed E-state index contributed by atoms with van der Waals surface area (Å²) in [6.07, 6.45) is 2.36. The van der Waals surface area contributed by atoms with Crippen LogP contribution in [0.3, 0.4) is 0 Å². The number of hydrogen-bond acceptors (Lipinski definition) is 6. The van der Waals surface area contributed by atoms with Crippen molar-refractivity contribution in [2.24, 2.45) is 0 Å². The van der Waals surface area contributed by atoms with Gasteiger partial charge in [0.1, 0.15) is 18.1 Å². The molecule has 0 aliphatic rings. The maximum Gasteiger partial charge on any atom is 0.305 e. The third-order valence-corrected chi connectivity index (χ3v) is 3.86. The zero-order valence-corrected chi connectivity index (χ0v) is 11.4. The van der Waals surface area contributed by atoms with Gasteiger partial charge in [0.25, 0.3) is 0 Å². The molecule has 0 aliphatic carbocycles. The highest BCUT2D eigenvalue weighted by Crippen LogP contribution is 2.35. The molecule has 1 heterocycles. The molecule has 104 valence electrons. The molecule has 6 nitrogen and oxygen atoms in total. The van der Waals surface area contributed by atoms with Crippen LogP contribution in [-0.4, -0.2) is 20.0 Å². The lowest BCUT2D eigenvalue weighted by molar-refractivity contribution is -0.385. The van der Waals surface area contributed by atoms with Crippen LogP contribution in [0.4, 0.5) is 5.69 Å². The van der Waals surface area contributed by atoms with E-state index in [1.165, 1.54) is 24.2 Å². The van der Waals surface area contributed by atoms with Crippen LogP contribution in [0.25, 0.3) is 10.8 Å². The number of aromatic nitrogens is 2. The maximum absolute atomic E-state index is 10.6. The van der Waals surface area contributed by atoms with Crippen molar-refractivity contribution in [3.05, 3.63) is 58.9 Å². The molecule has 0 fully saturated rings. The Bertz CT molecular complexity index is 821. The average Bonchev–Trinajstić information content (AvgIpc) is 2.51. The van der Waals surface area contributed by atoms with Crippen LogP contribution in [-0.2, 0) is 0 Å². The van der Waals surface area contributed by atoms with Gasteiger partial charge in [-0.05, 0) is 29.3 Å². The Morgan fingerprint density at radius 2 is 1.71 bits per heavy atom. The van der Waals surface area contributed by atoms with Crippen LogP contribution in [0.5, 0.6) is 5.75 Å². The third kappa shape index (κ3) is 2.63. The molecule has 1 aromatic heterocycles. The molecule has 0 unspecified atom stereocenters. The van der Waals surface area contributed by atoms with Gasteiger partial charge in [-0.3, -0.25) is 10.1 Å². The molecule has 0 saturated heterocycles. The number of phenolic OH excluding ortho intramolecular Hbond substituents is 1. The summed E-state index contributed by atoms with van der Waals surface area (Å²) >= 11 is 1.29. The first-order valence-corrected chi connectivity index (χ1v) is 6.82. The topological polar surface area (TPSA) is 89.2 Å². The van der Waals surface area contributed by atoms with Crippen molar-refractivity contribution in [3.8, 4) is 5.75 Å². The zero-order valence-electron chi connectivity index (χ0n) is 10.6. The smallest absolute Gasteiger partial charge is 0.305 e. The van der Waals surface area contributed by atoms with E-state index < -0.39 is 4.92 Å². The molecule has 0 saturated carbocycles. The molecule has 0 atom stereocenters. The van der Waals surface area contributed by atoms with Gasteiger partial charge in [0.05, 0.1) is 4.92 Å². The fourth-order valence-electron chi connectivity index (χ4n) is 1.90. The van der Waals surface area contributed by atoms with Crippen LogP contribution in [0, 0.1) is 10.1 Å². The van der Waals surface area contributed by atoms with Gasteiger partial charge in [0.15, 0.2) is 5.16 Å². The molecule has 2 aromatic carbocycles. The number of nitro groups is 1. The highest BCUT2D eigenvalue weighted by Gasteiger charge is 2.10. The molecule has 0 spiro atoms. The predicted molar refractivity (Wildman–Crippen MR) is 78.4 cm³/mol. The van der Waals surface area contributed by atoms with Crippen molar-refractivity contribution in [2.75, 3.05) is 0 Å². The molecule has 0 bridgehead atoms. The van der Waals surface area contributed by atoms with Crippen molar-refractivity contribution in [3.63, 3.8) is 0 Å². The number of nitrogens with zero attached hydrogens (tertiary/aromatic N) is 3. The summed E-state index contributed by atoms with van der Waals surface area (Å²) in [7, 11) is 0. The van der Waals surface area contributed by atoms with Crippen molar-refractivity contribution in [1.82, 2.24) is 9.97 Å². The summed E-state index contributed by atoms with van der Waals surface area (Å²) < 4.78 is 0. The average molecular weight is 299 g/mol. The second-order valence-electron chi connectivity index (χ2n) is 4.21. The highest BCUT2D eigenvalue weighted by molar-refractivity contribution is 7.99. The first-order valence-electron chi connectivity index (χ1n) is 6.00. The van der Waals surface area contributed by atoms with Gasteiger partial charge in [-0.15, -0.1) is 0 Å². The summed E-state index contributed by atoms with van der Waals surface area (Å²) in [5.74, 6) is 0.208. The Morgan fingerprint density at radius 3 is 2.38 bits per heavy atom. The van der Waals surface area contributed by atoms with E-state index in [4.69, 9.17) is 0 Å². The number of rotatable bonds is 3. The normalized spacial score (nSPS) is 10.7. The van der Waals surface area contributed by atoms with E-state index in [9.17, 15) is 15.2 Å². The number of benzene rings is 2. The summed E-state index contributed by atoms with van der Waals surface area (Å²) in [5.41, 5.74) is -0.144. The van der Waals surface area contributed by atoms with E-state index in [1.54, 1.807) is 12.1 Å². The van der Waals surface area contributed by atoms with Crippen molar-refractivity contribution < 1.29 is 10.0 Å². The van der Waals surface area contributed by atoms with Gasteiger partial charge in [-0.1, -0.05) is 24.3 Å². The molecule has 0 aliphatic heterocycles. The molecular weight excluding hydrogens is 290 g/mol. The number of hydrogen-bond donors (Lipinski definition) is 1. The van der Waals surface area contributed by atoms with E-state index in [0.717, 1.165) is 15.7 Å². The molecule has 3 aromatic rings. The second kappa shape index (κ2) is 5.37.